The molecule has 152 valence electrons. The largest absolute Gasteiger partial charge is 0.497 e. The fourth-order valence-electron chi connectivity index (χ4n) is 3.42. The highest BCUT2D eigenvalue weighted by Crippen LogP contribution is 2.20. The summed E-state index contributed by atoms with van der Waals surface area (Å²) in [4.78, 5) is 25.3. The van der Waals surface area contributed by atoms with E-state index >= 15 is 0 Å². The Bertz CT molecular complexity index is 1290. The van der Waals surface area contributed by atoms with E-state index in [4.69, 9.17) is 9.15 Å². The summed E-state index contributed by atoms with van der Waals surface area (Å²) in [6.07, 6.45) is 1.60. The van der Waals surface area contributed by atoms with Gasteiger partial charge in [-0.25, -0.2) is 4.68 Å². The van der Waals surface area contributed by atoms with Gasteiger partial charge in [0.25, 0.3) is 5.91 Å². The number of carbonyl (C=O) groups is 1. The summed E-state index contributed by atoms with van der Waals surface area (Å²) in [7, 11) is 1.62. The third-order valence-electron chi connectivity index (χ3n) is 4.85. The first-order valence-electron chi connectivity index (χ1n) is 9.46. The van der Waals surface area contributed by atoms with Crippen LogP contribution in [0.5, 0.6) is 5.75 Å². The molecule has 2 heterocycles. The van der Waals surface area contributed by atoms with Gasteiger partial charge in [-0.15, -0.1) is 0 Å². The maximum Gasteiger partial charge on any atom is 0.292 e. The number of hydrogen-bond acceptors (Lipinski definition) is 5. The smallest absolute Gasteiger partial charge is 0.292 e. The summed E-state index contributed by atoms with van der Waals surface area (Å²) >= 11 is 0. The van der Waals surface area contributed by atoms with Crippen molar-refractivity contribution in [2.24, 2.45) is 0 Å². The van der Waals surface area contributed by atoms with Crippen LogP contribution >= 0.6 is 0 Å². The van der Waals surface area contributed by atoms with Crippen molar-refractivity contribution < 1.29 is 13.9 Å². The number of carbonyl (C=O) groups excluding carboxylic acids is 1. The van der Waals surface area contributed by atoms with Crippen molar-refractivity contribution in [2.75, 3.05) is 12.4 Å². The maximum atomic E-state index is 12.8. The van der Waals surface area contributed by atoms with Gasteiger partial charge in [-0.2, -0.15) is 5.10 Å². The number of aromatic nitrogens is 2. The molecule has 1 amide bonds. The molecule has 0 bridgehead atoms. The minimum Gasteiger partial charge on any atom is -0.497 e. The second-order valence-corrected chi connectivity index (χ2v) is 7.11. The predicted octanol–water partition coefficient (Wildman–Crippen LogP) is 3.92. The summed E-state index contributed by atoms with van der Waals surface area (Å²) in [5.74, 6) is 0.711. The number of methoxy groups -OCH3 is 1. The highest BCUT2D eigenvalue weighted by molar-refractivity contribution is 6.02. The van der Waals surface area contributed by atoms with Crippen LogP contribution in [0.1, 0.15) is 27.2 Å². The number of nitrogens with zero attached hydrogens (tertiary/aromatic N) is 2. The van der Waals surface area contributed by atoms with E-state index in [-0.39, 0.29) is 11.2 Å². The molecule has 0 radical (unpaired) electrons. The van der Waals surface area contributed by atoms with Crippen LogP contribution in [-0.4, -0.2) is 22.8 Å². The van der Waals surface area contributed by atoms with E-state index in [0.717, 1.165) is 22.4 Å². The number of nitrogens with one attached hydrogen (secondary N) is 1. The summed E-state index contributed by atoms with van der Waals surface area (Å²) in [6, 6.07) is 14.2. The molecule has 0 aliphatic carbocycles. The Balaban J connectivity index is 1.59. The predicted molar refractivity (Wildman–Crippen MR) is 114 cm³/mol. The number of fused-ring (bicyclic) bond motifs is 1. The third kappa shape index (κ3) is 3.82. The molecule has 7 nitrogen and oxygen atoms in total. The van der Waals surface area contributed by atoms with E-state index in [1.807, 2.05) is 44.2 Å². The Morgan fingerprint density at radius 2 is 1.90 bits per heavy atom. The number of amides is 1. The molecule has 2 aromatic heterocycles. The lowest BCUT2D eigenvalue weighted by molar-refractivity contribution is 0.0996. The molecule has 7 heteroatoms. The van der Waals surface area contributed by atoms with E-state index < -0.39 is 5.91 Å². The summed E-state index contributed by atoms with van der Waals surface area (Å²) in [5.41, 5.74) is 2.93. The minimum atomic E-state index is -0.510. The average Bonchev–Trinajstić information content (AvgIpc) is 3.14. The van der Waals surface area contributed by atoms with Gasteiger partial charge in [0.05, 0.1) is 25.2 Å². The maximum absolute atomic E-state index is 12.8. The number of aryl methyl sites for hydroxylation is 2. The van der Waals surface area contributed by atoms with Gasteiger partial charge in [0.2, 0.25) is 0 Å². The van der Waals surface area contributed by atoms with E-state index in [2.05, 4.69) is 10.4 Å². The van der Waals surface area contributed by atoms with Crippen molar-refractivity contribution in [3.8, 4) is 5.75 Å². The number of benzene rings is 2. The van der Waals surface area contributed by atoms with Gasteiger partial charge in [-0.05, 0) is 48.7 Å². The molecular formula is C23H21N3O4. The topological polar surface area (TPSA) is 86.4 Å². The number of hydrogen-bond donors (Lipinski definition) is 1. The van der Waals surface area contributed by atoms with Crippen LogP contribution in [0.15, 0.2) is 63.9 Å². The Kier molecular flexibility index (Phi) is 5.10. The lowest BCUT2D eigenvalue weighted by Crippen LogP contribution is -2.18. The first kappa shape index (κ1) is 19.4. The first-order valence-corrected chi connectivity index (χ1v) is 9.46. The molecule has 0 saturated heterocycles. The zero-order chi connectivity index (χ0) is 21.3. The van der Waals surface area contributed by atoms with Crippen molar-refractivity contribution in [2.45, 2.75) is 20.4 Å². The first-order chi connectivity index (χ1) is 14.4. The van der Waals surface area contributed by atoms with E-state index in [1.165, 1.54) is 6.07 Å². The third-order valence-corrected chi connectivity index (χ3v) is 4.85. The fourth-order valence-corrected chi connectivity index (χ4v) is 3.42. The molecular weight excluding hydrogens is 382 g/mol. The summed E-state index contributed by atoms with van der Waals surface area (Å²) in [5, 5.41) is 7.53. The highest BCUT2D eigenvalue weighted by Gasteiger charge is 2.16. The molecule has 0 aliphatic heterocycles. The number of anilines is 1. The van der Waals surface area contributed by atoms with Gasteiger partial charge >= 0.3 is 0 Å². The Hall–Kier alpha value is -3.87. The molecule has 0 spiro atoms. The van der Waals surface area contributed by atoms with E-state index in [1.54, 1.807) is 30.1 Å². The zero-order valence-corrected chi connectivity index (χ0v) is 16.9. The molecule has 0 atom stereocenters. The Labute approximate surface area is 172 Å². The van der Waals surface area contributed by atoms with Crippen LogP contribution in [0.2, 0.25) is 0 Å². The van der Waals surface area contributed by atoms with Crippen LogP contribution in [0, 0.1) is 13.8 Å². The zero-order valence-electron chi connectivity index (χ0n) is 16.9. The number of rotatable bonds is 5. The molecule has 1 N–H and O–H groups in total. The van der Waals surface area contributed by atoms with E-state index in [9.17, 15) is 9.59 Å². The second kappa shape index (κ2) is 7.87. The highest BCUT2D eigenvalue weighted by atomic mass is 16.5. The lowest BCUT2D eigenvalue weighted by atomic mass is 10.1. The fraction of sp³-hybridized carbons (Fsp3) is 0.174. The van der Waals surface area contributed by atoms with E-state index in [0.29, 0.717) is 23.3 Å². The quantitative estimate of drug-likeness (QED) is 0.546. The second-order valence-electron chi connectivity index (χ2n) is 7.11. The molecule has 4 aromatic rings. The monoisotopic (exact) mass is 403 g/mol. The molecule has 0 saturated carbocycles. The molecule has 2 aromatic carbocycles. The Morgan fingerprint density at radius 3 is 2.63 bits per heavy atom. The van der Waals surface area contributed by atoms with Gasteiger partial charge in [0.1, 0.15) is 17.2 Å². The normalized spacial score (nSPS) is 10.9. The van der Waals surface area contributed by atoms with Crippen molar-refractivity contribution in [1.82, 2.24) is 9.78 Å². The Morgan fingerprint density at radius 1 is 1.13 bits per heavy atom. The van der Waals surface area contributed by atoms with Crippen LogP contribution in [0.25, 0.3) is 11.0 Å². The van der Waals surface area contributed by atoms with Crippen LogP contribution in [-0.2, 0) is 6.54 Å². The van der Waals surface area contributed by atoms with Crippen LogP contribution in [0.4, 0.5) is 5.82 Å². The van der Waals surface area contributed by atoms with Crippen molar-refractivity contribution in [1.29, 1.82) is 0 Å². The molecule has 0 unspecified atom stereocenters. The van der Waals surface area contributed by atoms with Gasteiger partial charge in [-0.1, -0.05) is 18.2 Å². The van der Waals surface area contributed by atoms with Gasteiger partial charge in [-0.3, -0.25) is 9.59 Å². The van der Waals surface area contributed by atoms with Crippen molar-refractivity contribution in [3.05, 3.63) is 87.4 Å². The van der Waals surface area contributed by atoms with Crippen LogP contribution in [0.3, 0.4) is 0 Å². The molecule has 30 heavy (non-hydrogen) atoms. The van der Waals surface area contributed by atoms with Gasteiger partial charge in [0, 0.05) is 12.1 Å². The van der Waals surface area contributed by atoms with Crippen LogP contribution < -0.4 is 15.5 Å². The lowest BCUT2D eigenvalue weighted by Gasteiger charge is -2.10. The SMILES string of the molecule is COc1ccc(Cn2nccc2NC(=O)c2cc(=O)c3c(C)cc(C)cc3o2)cc1. The standard InChI is InChI=1S/C23H21N3O4/c1-14-10-15(2)22-18(27)12-20(30-19(22)11-14)23(28)25-21-8-9-24-26(21)13-16-4-6-17(29-3)7-5-16/h4-12H,13H2,1-3H3,(H,25,28). The minimum absolute atomic E-state index is 0.0466. The van der Waals surface area contributed by atoms with Gasteiger partial charge in [0.15, 0.2) is 11.2 Å². The van der Waals surface area contributed by atoms with Crippen molar-refractivity contribution >= 4 is 22.7 Å². The van der Waals surface area contributed by atoms with Crippen molar-refractivity contribution in [3.63, 3.8) is 0 Å². The molecule has 4 rings (SSSR count). The average molecular weight is 403 g/mol. The summed E-state index contributed by atoms with van der Waals surface area (Å²) in [6.45, 7) is 4.23. The molecule has 0 fully saturated rings. The molecule has 0 aliphatic rings. The summed E-state index contributed by atoms with van der Waals surface area (Å²) < 4.78 is 12.6. The van der Waals surface area contributed by atoms with Gasteiger partial charge < -0.3 is 14.5 Å². The number of ether oxygens (including phenoxy) is 1.